The van der Waals surface area contributed by atoms with Crippen molar-refractivity contribution in [2.75, 3.05) is 0 Å². The lowest BCUT2D eigenvalue weighted by Crippen LogP contribution is -2.03. The predicted octanol–water partition coefficient (Wildman–Crippen LogP) is 13.0. The fourth-order valence-corrected chi connectivity index (χ4v) is 9.59. The van der Waals surface area contributed by atoms with Gasteiger partial charge in [0.05, 0.1) is 33.1 Å². The molecule has 0 radical (unpaired) electrons. The van der Waals surface area contributed by atoms with Gasteiger partial charge >= 0.3 is 0 Å². The summed E-state index contributed by atoms with van der Waals surface area (Å²) in [5, 5.41) is 15.8. The van der Waals surface area contributed by atoms with Crippen molar-refractivity contribution in [2.45, 2.75) is 0 Å². The van der Waals surface area contributed by atoms with E-state index < -0.39 is 0 Å². The second-order valence-electron chi connectivity index (χ2n) is 14.5. The van der Waals surface area contributed by atoms with E-state index in [9.17, 15) is 0 Å². The molecule has 0 spiro atoms. The van der Waals surface area contributed by atoms with E-state index in [4.69, 9.17) is 9.97 Å². The highest BCUT2D eigenvalue weighted by molar-refractivity contribution is 6.38. The summed E-state index contributed by atoms with van der Waals surface area (Å²) in [4.78, 5) is 11.0. The minimum atomic E-state index is 0.717. The second-order valence-corrected chi connectivity index (χ2v) is 14.5. The molecule has 4 nitrogen and oxygen atoms in total. The van der Waals surface area contributed by atoms with Gasteiger partial charge in [-0.1, -0.05) is 127 Å². The highest BCUT2D eigenvalue weighted by Gasteiger charge is 2.26. The summed E-state index contributed by atoms with van der Waals surface area (Å²) in [6.45, 7) is 0. The van der Waals surface area contributed by atoms with Crippen molar-refractivity contribution in [3.05, 3.63) is 170 Å². The van der Waals surface area contributed by atoms with Crippen LogP contribution in [-0.2, 0) is 0 Å². The first kappa shape index (κ1) is 28.3. The van der Waals surface area contributed by atoms with E-state index in [0.717, 1.165) is 38.7 Å². The molecule has 9 aromatic carbocycles. The molecular weight excluding hydrogens is 657 g/mol. The van der Waals surface area contributed by atoms with Gasteiger partial charge in [0.2, 0.25) is 0 Å². The van der Waals surface area contributed by atoms with Crippen LogP contribution in [-0.4, -0.2) is 18.9 Å². The maximum absolute atomic E-state index is 5.64. The molecule has 0 aliphatic heterocycles. The van der Waals surface area contributed by atoms with Gasteiger partial charge in [-0.15, -0.1) is 0 Å². The van der Waals surface area contributed by atoms with Gasteiger partial charge in [0.15, 0.2) is 5.82 Å². The lowest BCUT2D eigenvalue weighted by atomic mass is 9.97. The molecular formula is C50H28N4. The van der Waals surface area contributed by atoms with Crippen LogP contribution >= 0.6 is 0 Å². The predicted molar refractivity (Wildman–Crippen MR) is 226 cm³/mol. The monoisotopic (exact) mass is 684 g/mol. The number of hydrogen-bond acceptors (Lipinski definition) is 2. The SMILES string of the molecule is c1ccc2c(c1)cc(-c1nc(-n3c4ccc5ccccc5c4c4c5c6ccccc6n6c7ccccc7c(cc43)c56)c3ccccc3n1)c1ccccc12. The summed E-state index contributed by atoms with van der Waals surface area (Å²) >= 11 is 0. The zero-order chi connectivity index (χ0) is 35.1. The van der Waals surface area contributed by atoms with E-state index >= 15 is 0 Å². The first-order valence-corrected chi connectivity index (χ1v) is 18.5. The number of para-hydroxylation sites is 3. The Hall–Kier alpha value is -7.30. The van der Waals surface area contributed by atoms with Gasteiger partial charge < -0.3 is 4.40 Å². The van der Waals surface area contributed by atoms with Crippen molar-refractivity contribution in [3.8, 4) is 17.2 Å². The fraction of sp³-hybridized carbons (Fsp3) is 0. The lowest BCUT2D eigenvalue weighted by molar-refractivity contribution is 1.08. The van der Waals surface area contributed by atoms with Gasteiger partial charge in [-0.2, -0.15) is 0 Å². The quantitative estimate of drug-likeness (QED) is 0.170. The van der Waals surface area contributed by atoms with E-state index in [1.807, 2.05) is 0 Å². The lowest BCUT2D eigenvalue weighted by Gasteiger charge is -2.15. The molecule has 54 heavy (non-hydrogen) atoms. The van der Waals surface area contributed by atoms with Crippen LogP contribution in [0.5, 0.6) is 0 Å². The molecule has 0 atom stereocenters. The van der Waals surface area contributed by atoms with Crippen LogP contribution < -0.4 is 0 Å². The van der Waals surface area contributed by atoms with Crippen molar-refractivity contribution >= 4 is 103 Å². The third kappa shape index (κ3) is 3.52. The molecule has 4 heteroatoms. The molecule has 0 bridgehead atoms. The zero-order valence-electron chi connectivity index (χ0n) is 29.0. The van der Waals surface area contributed by atoms with E-state index in [-0.39, 0.29) is 0 Å². The molecule has 0 aliphatic carbocycles. The topological polar surface area (TPSA) is 35.1 Å². The normalized spacial score (nSPS) is 12.4. The first-order valence-electron chi connectivity index (χ1n) is 18.5. The van der Waals surface area contributed by atoms with Gasteiger partial charge in [-0.3, -0.25) is 4.57 Å². The van der Waals surface area contributed by atoms with Crippen LogP contribution in [0.1, 0.15) is 0 Å². The maximum Gasteiger partial charge on any atom is 0.162 e. The summed E-state index contributed by atoms with van der Waals surface area (Å²) in [6, 6.07) is 61.5. The highest BCUT2D eigenvalue weighted by atomic mass is 15.1. The minimum absolute atomic E-state index is 0.717. The van der Waals surface area contributed by atoms with E-state index in [0.29, 0.717) is 5.82 Å². The third-order valence-corrected chi connectivity index (χ3v) is 11.8. The third-order valence-electron chi connectivity index (χ3n) is 11.8. The number of rotatable bonds is 2. The molecule has 4 heterocycles. The van der Waals surface area contributed by atoms with Gasteiger partial charge in [0.25, 0.3) is 0 Å². The summed E-state index contributed by atoms with van der Waals surface area (Å²) < 4.78 is 4.91. The Balaban J connectivity index is 1.27. The van der Waals surface area contributed by atoms with Gasteiger partial charge in [0, 0.05) is 43.3 Å². The van der Waals surface area contributed by atoms with Gasteiger partial charge in [0.1, 0.15) is 5.82 Å². The Labute approximate surface area is 308 Å². The summed E-state index contributed by atoms with van der Waals surface area (Å²) in [5.74, 6) is 1.60. The van der Waals surface area contributed by atoms with E-state index in [2.05, 4.69) is 179 Å². The Bertz CT molecular complexity index is 3740. The molecule has 4 aromatic heterocycles. The van der Waals surface area contributed by atoms with Crippen molar-refractivity contribution < 1.29 is 0 Å². The van der Waals surface area contributed by atoms with Gasteiger partial charge in [-0.05, 0) is 74.8 Å². The van der Waals surface area contributed by atoms with Crippen LogP contribution in [0.3, 0.4) is 0 Å². The van der Waals surface area contributed by atoms with Crippen molar-refractivity contribution in [3.63, 3.8) is 0 Å². The number of nitrogens with zero attached hydrogens (tertiary/aromatic N) is 4. The zero-order valence-corrected chi connectivity index (χ0v) is 29.0. The summed E-state index contributed by atoms with van der Waals surface area (Å²) in [7, 11) is 0. The Kier molecular flexibility index (Phi) is 5.34. The Morgan fingerprint density at radius 3 is 1.81 bits per heavy atom. The van der Waals surface area contributed by atoms with Crippen LogP contribution in [0.15, 0.2) is 170 Å². The minimum Gasteiger partial charge on any atom is -0.308 e. The summed E-state index contributed by atoms with van der Waals surface area (Å²) in [6.07, 6.45) is 0. The van der Waals surface area contributed by atoms with Crippen LogP contribution in [0, 0.1) is 0 Å². The molecule has 0 amide bonds. The Morgan fingerprint density at radius 2 is 0.981 bits per heavy atom. The smallest absolute Gasteiger partial charge is 0.162 e. The number of hydrogen-bond donors (Lipinski definition) is 0. The standard InChI is InChI=1S/C50H28N4/c1-4-16-32-29(13-1)25-26-43-45(32)47-44(28-38-35-19-8-11-23-41(35)53-42-24-12-9-21-37(42)46(47)48(38)53)54(43)50-36-20-7-10-22-40(36)51-49(52-50)39-27-30-14-2-3-15-31(30)33-17-5-6-18-34(33)39/h1-28H. The highest BCUT2D eigenvalue weighted by Crippen LogP contribution is 2.48. The van der Waals surface area contributed by atoms with Crippen LogP contribution in [0.4, 0.5) is 0 Å². The Morgan fingerprint density at radius 1 is 0.352 bits per heavy atom. The van der Waals surface area contributed by atoms with Crippen molar-refractivity contribution in [2.24, 2.45) is 0 Å². The largest absolute Gasteiger partial charge is 0.308 e. The average Bonchev–Trinajstić information content (AvgIpc) is 3.87. The van der Waals surface area contributed by atoms with Crippen molar-refractivity contribution in [1.82, 2.24) is 18.9 Å². The molecule has 0 unspecified atom stereocenters. The molecule has 0 saturated carbocycles. The van der Waals surface area contributed by atoms with Crippen LogP contribution in [0.2, 0.25) is 0 Å². The number of fused-ring (bicyclic) bond motifs is 16. The fourth-order valence-electron chi connectivity index (χ4n) is 9.59. The van der Waals surface area contributed by atoms with E-state index in [1.54, 1.807) is 0 Å². The molecule has 248 valence electrons. The average molecular weight is 685 g/mol. The van der Waals surface area contributed by atoms with Crippen LogP contribution in [0.25, 0.3) is 120 Å². The molecule has 0 aliphatic rings. The molecule has 0 N–H and O–H groups in total. The first-order chi connectivity index (χ1) is 26.8. The van der Waals surface area contributed by atoms with Crippen molar-refractivity contribution in [1.29, 1.82) is 0 Å². The van der Waals surface area contributed by atoms with E-state index in [1.165, 1.54) is 75.8 Å². The molecule has 0 fully saturated rings. The maximum atomic E-state index is 5.64. The molecule has 0 saturated heterocycles. The number of aromatic nitrogens is 4. The second kappa shape index (κ2) is 10.2. The molecule has 13 aromatic rings. The van der Waals surface area contributed by atoms with Gasteiger partial charge in [-0.25, -0.2) is 9.97 Å². The number of benzene rings is 9. The molecule has 13 rings (SSSR count). The summed E-state index contributed by atoms with van der Waals surface area (Å²) in [5.41, 5.74) is 7.94.